The van der Waals surface area contributed by atoms with Gasteiger partial charge in [-0.2, -0.15) is 0 Å². The summed E-state index contributed by atoms with van der Waals surface area (Å²) in [6, 6.07) is 7.64. The molecular weight excluding hydrogens is 346 g/mol. The van der Waals surface area contributed by atoms with Gasteiger partial charge in [0.15, 0.2) is 6.61 Å². The van der Waals surface area contributed by atoms with Gasteiger partial charge in [-0.1, -0.05) is 12.8 Å². The highest BCUT2D eigenvalue weighted by Crippen LogP contribution is 2.29. The molecule has 1 aliphatic heterocycles. The van der Waals surface area contributed by atoms with Gasteiger partial charge in [-0.25, -0.2) is 0 Å². The fraction of sp³-hybridized carbons (Fsp3) is 0.550. The van der Waals surface area contributed by atoms with E-state index in [0.29, 0.717) is 12.2 Å². The van der Waals surface area contributed by atoms with Gasteiger partial charge in [0.05, 0.1) is 5.92 Å². The molecule has 146 valence electrons. The van der Waals surface area contributed by atoms with Crippen LogP contribution in [0.3, 0.4) is 0 Å². The molecule has 0 unspecified atom stereocenters. The maximum atomic E-state index is 12.2. The number of nitrogens with zero attached hydrogens (tertiary/aromatic N) is 2. The van der Waals surface area contributed by atoms with Crippen molar-refractivity contribution in [3.8, 4) is 0 Å². The Bertz CT molecular complexity index is 696. The Morgan fingerprint density at radius 1 is 1.19 bits per heavy atom. The smallest absolute Gasteiger partial charge is 0.311 e. The van der Waals surface area contributed by atoms with Crippen molar-refractivity contribution in [2.75, 3.05) is 37.5 Å². The molecule has 0 radical (unpaired) electrons. The van der Waals surface area contributed by atoms with Gasteiger partial charge in [-0.3, -0.25) is 14.4 Å². The molecule has 1 aromatic carbocycles. The summed E-state index contributed by atoms with van der Waals surface area (Å²) in [5, 5.41) is 2.70. The molecule has 2 fully saturated rings. The monoisotopic (exact) mass is 373 g/mol. The van der Waals surface area contributed by atoms with Gasteiger partial charge < -0.3 is 19.9 Å². The van der Waals surface area contributed by atoms with Gasteiger partial charge in [-0.15, -0.1) is 0 Å². The second-order valence-electron chi connectivity index (χ2n) is 7.48. The minimum atomic E-state index is -0.470. The first kappa shape index (κ1) is 19.2. The number of hydrogen-bond donors (Lipinski definition) is 1. The van der Waals surface area contributed by atoms with Crippen molar-refractivity contribution in [3.05, 3.63) is 24.3 Å². The third-order valence-corrected chi connectivity index (χ3v) is 5.27. The first-order valence-corrected chi connectivity index (χ1v) is 9.47. The van der Waals surface area contributed by atoms with Crippen LogP contribution in [0.2, 0.25) is 0 Å². The van der Waals surface area contributed by atoms with E-state index in [1.165, 1.54) is 0 Å². The lowest BCUT2D eigenvalue weighted by Gasteiger charge is -2.23. The third-order valence-electron chi connectivity index (χ3n) is 5.27. The predicted molar refractivity (Wildman–Crippen MR) is 102 cm³/mol. The zero-order chi connectivity index (χ0) is 19.4. The van der Waals surface area contributed by atoms with E-state index in [1.807, 2.05) is 36.0 Å². The van der Waals surface area contributed by atoms with Crippen LogP contribution < -0.4 is 10.2 Å². The van der Waals surface area contributed by atoms with Crippen LogP contribution in [0.25, 0.3) is 0 Å². The van der Waals surface area contributed by atoms with Crippen molar-refractivity contribution in [1.29, 1.82) is 0 Å². The van der Waals surface area contributed by atoms with Crippen LogP contribution in [0, 0.1) is 5.92 Å². The van der Waals surface area contributed by atoms with Gasteiger partial charge in [0.1, 0.15) is 0 Å². The Morgan fingerprint density at radius 2 is 1.85 bits per heavy atom. The lowest BCUT2D eigenvalue weighted by atomic mass is 10.1. The van der Waals surface area contributed by atoms with Gasteiger partial charge in [-0.05, 0) is 37.1 Å². The summed E-state index contributed by atoms with van der Waals surface area (Å²) in [6.45, 7) is 0.0678. The molecule has 2 amide bonds. The Balaban J connectivity index is 1.44. The molecule has 1 saturated carbocycles. The van der Waals surface area contributed by atoms with Gasteiger partial charge in [0.25, 0.3) is 5.91 Å². The number of hydrogen-bond acceptors (Lipinski definition) is 5. The number of carbonyl (C=O) groups excluding carboxylic acids is 3. The average molecular weight is 373 g/mol. The molecule has 0 aromatic heterocycles. The largest absolute Gasteiger partial charge is 0.455 e. The number of esters is 1. The highest BCUT2D eigenvalue weighted by molar-refractivity contribution is 5.93. The van der Waals surface area contributed by atoms with Gasteiger partial charge in [0, 0.05) is 44.5 Å². The maximum Gasteiger partial charge on any atom is 0.311 e. The molecule has 2 aliphatic rings. The molecule has 3 rings (SSSR count). The summed E-state index contributed by atoms with van der Waals surface area (Å²) in [5.74, 6) is -1.31. The lowest BCUT2D eigenvalue weighted by Crippen LogP contribution is -2.35. The zero-order valence-electron chi connectivity index (χ0n) is 15.9. The molecule has 7 nitrogen and oxygen atoms in total. The molecule has 1 aromatic rings. The fourth-order valence-corrected chi connectivity index (χ4v) is 3.75. The highest BCUT2D eigenvalue weighted by atomic mass is 16.5. The van der Waals surface area contributed by atoms with Crippen LogP contribution in [0.5, 0.6) is 0 Å². The summed E-state index contributed by atoms with van der Waals surface area (Å²) >= 11 is 0. The van der Waals surface area contributed by atoms with E-state index in [9.17, 15) is 14.4 Å². The van der Waals surface area contributed by atoms with E-state index in [2.05, 4.69) is 5.32 Å². The Labute approximate surface area is 159 Å². The Kier molecular flexibility index (Phi) is 5.98. The number of benzene rings is 1. The fourth-order valence-electron chi connectivity index (χ4n) is 3.75. The summed E-state index contributed by atoms with van der Waals surface area (Å²) in [5.41, 5.74) is 1.67. The van der Waals surface area contributed by atoms with Crippen LogP contribution in [0.15, 0.2) is 24.3 Å². The predicted octanol–water partition coefficient (Wildman–Crippen LogP) is 2.03. The van der Waals surface area contributed by atoms with Crippen LogP contribution >= 0.6 is 0 Å². The summed E-state index contributed by atoms with van der Waals surface area (Å²) in [4.78, 5) is 40.2. The van der Waals surface area contributed by atoms with E-state index in [-0.39, 0.29) is 25.0 Å². The molecular formula is C20H27N3O4. The van der Waals surface area contributed by atoms with Crippen LogP contribution in [0.4, 0.5) is 11.4 Å². The highest BCUT2D eigenvalue weighted by Gasteiger charge is 2.39. The van der Waals surface area contributed by atoms with Crippen molar-refractivity contribution < 1.29 is 19.1 Å². The molecule has 27 heavy (non-hydrogen) atoms. The second kappa shape index (κ2) is 8.41. The summed E-state index contributed by atoms with van der Waals surface area (Å²) in [7, 11) is 3.88. The molecule has 1 saturated heterocycles. The first-order chi connectivity index (χ1) is 12.9. The van der Waals surface area contributed by atoms with Crippen molar-refractivity contribution in [1.82, 2.24) is 4.90 Å². The molecule has 7 heteroatoms. The molecule has 1 N–H and O–H groups in total. The molecule has 1 atom stereocenters. The second-order valence-corrected chi connectivity index (χ2v) is 7.48. The zero-order valence-corrected chi connectivity index (χ0v) is 15.9. The normalized spacial score (nSPS) is 20.0. The number of carbonyl (C=O) groups is 3. The minimum absolute atomic E-state index is 0.0225. The maximum absolute atomic E-state index is 12.2. The van der Waals surface area contributed by atoms with Gasteiger partial charge >= 0.3 is 5.97 Å². The number of amides is 2. The van der Waals surface area contributed by atoms with E-state index < -0.39 is 17.8 Å². The first-order valence-electron chi connectivity index (χ1n) is 9.47. The number of ether oxygens (including phenoxy) is 1. The lowest BCUT2D eigenvalue weighted by molar-refractivity contribution is -0.151. The molecule has 1 heterocycles. The number of likely N-dealkylation sites (tertiary alicyclic amines) is 1. The minimum Gasteiger partial charge on any atom is -0.455 e. The van der Waals surface area contributed by atoms with E-state index in [4.69, 9.17) is 4.74 Å². The number of rotatable bonds is 6. The SMILES string of the molecule is CN(C)c1ccc(NC(=O)COC(=O)[C@H]2CC(=O)N(C3CCCC3)C2)cc1. The van der Waals surface area contributed by atoms with Crippen LogP contribution in [-0.4, -0.2) is 56.0 Å². The van der Waals surface area contributed by atoms with Crippen molar-refractivity contribution in [2.45, 2.75) is 38.1 Å². The van der Waals surface area contributed by atoms with E-state index in [1.54, 1.807) is 12.1 Å². The van der Waals surface area contributed by atoms with E-state index >= 15 is 0 Å². The Morgan fingerprint density at radius 3 is 2.48 bits per heavy atom. The standard InChI is InChI=1S/C20H27N3O4/c1-22(2)16-9-7-15(8-10-16)21-18(24)13-27-20(26)14-11-19(25)23(12-14)17-5-3-4-6-17/h7-10,14,17H,3-6,11-13H2,1-2H3,(H,21,24)/t14-/m0/s1. The topological polar surface area (TPSA) is 79.0 Å². The number of anilines is 2. The summed E-state index contributed by atoms with van der Waals surface area (Å²) < 4.78 is 5.14. The third kappa shape index (κ3) is 4.78. The van der Waals surface area contributed by atoms with Crippen molar-refractivity contribution in [2.24, 2.45) is 5.92 Å². The van der Waals surface area contributed by atoms with Crippen molar-refractivity contribution >= 4 is 29.2 Å². The molecule has 1 aliphatic carbocycles. The number of nitrogens with one attached hydrogen (secondary N) is 1. The Hall–Kier alpha value is -2.57. The van der Waals surface area contributed by atoms with E-state index in [0.717, 1.165) is 31.4 Å². The van der Waals surface area contributed by atoms with Crippen LogP contribution in [0.1, 0.15) is 32.1 Å². The molecule has 0 bridgehead atoms. The van der Waals surface area contributed by atoms with Gasteiger partial charge in [0.2, 0.25) is 5.91 Å². The molecule has 0 spiro atoms. The van der Waals surface area contributed by atoms with Crippen molar-refractivity contribution in [3.63, 3.8) is 0 Å². The van der Waals surface area contributed by atoms with Crippen LogP contribution in [-0.2, 0) is 19.1 Å². The summed E-state index contributed by atoms with van der Waals surface area (Å²) in [6.07, 6.45) is 4.49. The quantitative estimate of drug-likeness (QED) is 0.772. The average Bonchev–Trinajstić information content (AvgIpc) is 3.29.